The SMILES string of the molecule is Cc1ccc(C)c(COC(=O)CCN2C(=O)[C@H]3CCCC[C@@H]3C2=O)c1. The molecule has 1 saturated heterocycles. The molecule has 5 nitrogen and oxygen atoms in total. The van der Waals surface area contributed by atoms with Gasteiger partial charge in [-0.2, -0.15) is 0 Å². The molecule has 5 heteroatoms. The molecule has 1 aliphatic carbocycles. The number of benzene rings is 1. The molecule has 1 aliphatic heterocycles. The predicted octanol–water partition coefficient (Wildman–Crippen LogP) is 2.91. The smallest absolute Gasteiger partial charge is 0.307 e. The van der Waals surface area contributed by atoms with Crippen LogP contribution in [0.3, 0.4) is 0 Å². The lowest BCUT2D eigenvalue weighted by atomic mass is 9.81. The summed E-state index contributed by atoms with van der Waals surface area (Å²) in [5.41, 5.74) is 3.17. The van der Waals surface area contributed by atoms with E-state index in [1.54, 1.807) is 0 Å². The molecule has 134 valence electrons. The number of nitrogens with zero attached hydrogens (tertiary/aromatic N) is 1. The second-order valence-electron chi connectivity index (χ2n) is 7.17. The molecule has 2 amide bonds. The number of carbonyl (C=O) groups excluding carboxylic acids is 3. The Bertz CT molecular complexity index is 673. The molecule has 0 bridgehead atoms. The zero-order valence-electron chi connectivity index (χ0n) is 14.9. The van der Waals surface area contributed by atoms with Crippen LogP contribution in [-0.2, 0) is 25.7 Å². The van der Waals surface area contributed by atoms with Crippen molar-refractivity contribution in [2.45, 2.75) is 52.6 Å². The molecule has 1 saturated carbocycles. The first-order chi connectivity index (χ1) is 12.0. The van der Waals surface area contributed by atoms with Gasteiger partial charge < -0.3 is 4.74 Å². The summed E-state index contributed by atoms with van der Waals surface area (Å²) < 4.78 is 5.32. The number of amides is 2. The topological polar surface area (TPSA) is 63.7 Å². The average molecular weight is 343 g/mol. The number of fused-ring (bicyclic) bond motifs is 1. The monoisotopic (exact) mass is 343 g/mol. The fourth-order valence-corrected chi connectivity index (χ4v) is 3.84. The Hall–Kier alpha value is -2.17. The van der Waals surface area contributed by atoms with Crippen LogP contribution in [0.1, 0.15) is 48.8 Å². The normalized spacial score (nSPS) is 22.9. The van der Waals surface area contributed by atoms with E-state index < -0.39 is 0 Å². The van der Waals surface area contributed by atoms with E-state index in [9.17, 15) is 14.4 Å². The highest BCUT2D eigenvalue weighted by Crippen LogP contribution is 2.37. The maximum absolute atomic E-state index is 12.4. The number of aryl methyl sites for hydroxylation is 2. The molecule has 0 radical (unpaired) electrons. The quantitative estimate of drug-likeness (QED) is 0.609. The van der Waals surface area contributed by atoms with Gasteiger partial charge in [0.25, 0.3) is 0 Å². The summed E-state index contributed by atoms with van der Waals surface area (Å²) in [6, 6.07) is 6.02. The molecule has 1 heterocycles. The van der Waals surface area contributed by atoms with Crippen LogP contribution in [0.15, 0.2) is 18.2 Å². The van der Waals surface area contributed by atoms with Gasteiger partial charge in [-0.15, -0.1) is 0 Å². The van der Waals surface area contributed by atoms with E-state index in [1.807, 2.05) is 32.0 Å². The molecule has 25 heavy (non-hydrogen) atoms. The van der Waals surface area contributed by atoms with Crippen LogP contribution in [0.25, 0.3) is 0 Å². The van der Waals surface area contributed by atoms with Crippen molar-refractivity contribution in [3.05, 3.63) is 34.9 Å². The first kappa shape index (κ1) is 17.6. The van der Waals surface area contributed by atoms with Crippen molar-refractivity contribution < 1.29 is 19.1 Å². The second-order valence-corrected chi connectivity index (χ2v) is 7.17. The van der Waals surface area contributed by atoms with Crippen molar-refractivity contribution in [3.8, 4) is 0 Å². The van der Waals surface area contributed by atoms with E-state index >= 15 is 0 Å². The lowest BCUT2D eigenvalue weighted by molar-refractivity contribution is -0.146. The highest BCUT2D eigenvalue weighted by atomic mass is 16.5. The van der Waals surface area contributed by atoms with Gasteiger partial charge in [-0.1, -0.05) is 36.6 Å². The fraction of sp³-hybridized carbons (Fsp3) is 0.550. The number of rotatable bonds is 5. The van der Waals surface area contributed by atoms with Crippen molar-refractivity contribution in [1.82, 2.24) is 4.90 Å². The van der Waals surface area contributed by atoms with E-state index in [2.05, 4.69) is 0 Å². The number of esters is 1. The number of imide groups is 1. The Morgan fingerprint density at radius 3 is 2.40 bits per heavy atom. The Balaban J connectivity index is 1.51. The van der Waals surface area contributed by atoms with Gasteiger partial charge in [0, 0.05) is 6.54 Å². The standard InChI is InChI=1S/C20H25NO4/c1-13-7-8-14(2)15(11-13)12-25-18(22)9-10-21-19(23)16-5-3-4-6-17(16)20(21)24/h7-8,11,16-17H,3-6,9-10,12H2,1-2H3/t16-,17-/m0/s1. The third-order valence-corrected chi connectivity index (χ3v) is 5.37. The van der Waals surface area contributed by atoms with Gasteiger partial charge in [0.1, 0.15) is 6.61 Å². The minimum absolute atomic E-state index is 0.0573. The third-order valence-electron chi connectivity index (χ3n) is 5.37. The summed E-state index contributed by atoms with van der Waals surface area (Å²) >= 11 is 0. The molecule has 1 aromatic rings. The maximum Gasteiger partial charge on any atom is 0.307 e. The number of likely N-dealkylation sites (tertiary alicyclic amines) is 1. The van der Waals surface area contributed by atoms with Crippen molar-refractivity contribution in [2.24, 2.45) is 11.8 Å². The van der Waals surface area contributed by atoms with Crippen molar-refractivity contribution >= 4 is 17.8 Å². The van der Waals surface area contributed by atoms with Crippen molar-refractivity contribution in [1.29, 1.82) is 0 Å². The summed E-state index contributed by atoms with van der Waals surface area (Å²) in [4.78, 5) is 38.1. The summed E-state index contributed by atoms with van der Waals surface area (Å²) in [7, 11) is 0. The van der Waals surface area contributed by atoms with Crippen molar-refractivity contribution in [2.75, 3.05) is 6.54 Å². The van der Waals surface area contributed by atoms with Crippen LogP contribution in [0.4, 0.5) is 0 Å². The van der Waals surface area contributed by atoms with E-state index in [0.717, 1.165) is 42.4 Å². The highest BCUT2D eigenvalue weighted by molar-refractivity contribution is 6.05. The van der Waals surface area contributed by atoms with E-state index in [1.165, 1.54) is 4.90 Å². The average Bonchev–Trinajstić information content (AvgIpc) is 2.85. The zero-order valence-corrected chi connectivity index (χ0v) is 14.9. The minimum atomic E-state index is -0.378. The third kappa shape index (κ3) is 3.75. The number of hydrogen-bond acceptors (Lipinski definition) is 4. The Morgan fingerprint density at radius 2 is 1.76 bits per heavy atom. The highest BCUT2D eigenvalue weighted by Gasteiger charge is 2.47. The van der Waals surface area contributed by atoms with E-state index in [-0.39, 0.29) is 49.2 Å². The molecule has 0 aromatic heterocycles. The van der Waals surface area contributed by atoms with Gasteiger partial charge in [0.2, 0.25) is 11.8 Å². The molecule has 0 spiro atoms. The molecule has 0 N–H and O–H groups in total. The summed E-state index contributed by atoms with van der Waals surface area (Å²) in [6.45, 7) is 4.33. The van der Waals surface area contributed by atoms with E-state index in [0.29, 0.717) is 0 Å². The van der Waals surface area contributed by atoms with Gasteiger partial charge >= 0.3 is 5.97 Å². The van der Waals surface area contributed by atoms with Crippen LogP contribution < -0.4 is 0 Å². The van der Waals surface area contributed by atoms with Gasteiger partial charge in [0.15, 0.2) is 0 Å². The first-order valence-electron chi connectivity index (χ1n) is 9.04. The molecule has 2 atom stereocenters. The van der Waals surface area contributed by atoms with Crippen LogP contribution in [0.2, 0.25) is 0 Å². The summed E-state index contributed by atoms with van der Waals surface area (Å²) in [5, 5.41) is 0. The Labute approximate surface area is 148 Å². The van der Waals surface area contributed by atoms with Gasteiger partial charge in [0.05, 0.1) is 18.3 Å². The molecule has 2 aliphatic rings. The maximum atomic E-state index is 12.4. The molecule has 3 rings (SSSR count). The number of ether oxygens (including phenoxy) is 1. The minimum Gasteiger partial charge on any atom is -0.461 e. The van der Waals surface area contributed by atoms with Gasteiger partial charge in [-0.3, -0.25) is 19.3 Å². The largest absolute Gasteiger partial charge is 0.461 e. The summed E-state index contributed by atoms with van der Waals surface area (Å²) in [6.07, 6.45) is 3.66. The lowest BCUT2D eigenvalue weighted by Crippen LogP contribution is -2.33. The molecule has 2 fully saturated rings. The van der Waals surface area contributed by atoms with Gasteiger partial charge in [-0.25, -0.2) is 0 Å². The molecular weight excluding hydrogens is 318 g/mol. The second kappa shape index (κ2) is 7.38. The van der Waals surface area contributed by atoms with E-state index in [4.69, 9.17) is 4.74 Å². The molecule has 1 aromatic carbocycles. The zero-order chi connectivity index (χ0) is 18.0. The van der Waals surface area contributed by atoms with Crippen molar-refractivity contribution in [3.63, 3.8) is 0 Å². The molecular formula is C20H25NO4. The Kier molecular flexibility index (Phi) is 5.21. The predicted molar refractivity (Wildman–Crippen MR) is 92.5 cm³/mol. The van der Waals surface area contributed by atoms with Crippen LogP contribution in [0, 0.1) is 25.7 Å². The fourth-order valence-electron chi connectivity index (χ4n) is 3.84. The number of carbonyl (C=O) groups is 3. The van der Waals surface area contributed by atoms with Gasteiger partial charge in [-0.05, 0) is 37.8 Å². The number of hydrogen-bond donors (Lipinski definition) is 0. The summed E-state index contributed by atoms with van der Waals surface area (Å²) in [5.74, 6) is -0.898. The van der Waals surface area contributed by atoms with Crippen LogP contribution >= 0.6 is 0 Å². The lowest BCUT2D eigenvalue weighted by Gasteiger charge is -2.19. The van der Waals surface area contributed by atoms with Crippen LogP contribution in [0.5, 0.6) is 0 Å². The first-order valence-corrected chi connectivity index (χ1v) is 9.04. The molecule has 0 unspecified atom stereocenters. The Morgan fingerprint density at radius 1 is 1.12 bits per heavy atom. The van der Waals surface area contributed by atoms with Crippen LogP contribution in [-0.4, -0.2) is 29.2 Å².